The summed E-state index contributed by atoms with van der Waals surface area (Å²) in [5.74, 6) is -0.0278. The van der Waals surface area contributed by atoms with Crippen LogP contribution in [0.5, 0.6) is 0 Å². The maximum atomic E-state index is 9.95. The molecule has 1 saturated carbocycles. The first-order valence-electron chi connectivity index (χ1n) is 2.62. The molecule has 0 unspecified atom stereocenters. The van der Waals surface area contributed by atoms with Crippen LogP contribution in [0.1, 0.15) is 19.3 Å². The molecule has 0 aromatic heterocycles. The standard InChI is InChI=1S/C4H7BO2.2K/c6-5(7)4-2-1-3-4;;/h4H,1-3H2;;/q-2;2*+1. The molecular formula is C4H7BK2O2. The average molecular weight is 176 g/mol. The molecule has 0 aliphatic heterocycles. The van der Waals surface area contributed by atoms with Crippen molar-refractivity contribution in [2.24, 2.45) is 0 Å². The molecule has 0 aromatic carbocycles. The van der Waals surface area contributed by atoms with Crippen molar-refractivity contribution < 1.29 is 113 Å². The summed E-state index contributed by atoms with van der Waals surface area (Å²) in [4.78, 5) is 0. The summed E-state index contributed by atoms with van der Waals surface area (Å²) in [7, 11) is -1.55. The van der Waals surface area contributed by atoms with E-state index in [9.17, 15) is 10.0 Å². The van der Waals surface area contributed by atoms with Crippen LogP contribution in [-0.4, -0.2) is 7.12 Å². The monoisotopic (exact) mass is 176 g/mol. The minimum absolute atomic E-state index is 0. The second kappa shape index (κ2) is 7.88. The van der Waals surface area contributed by atoms with Gasteiger partial charge >= 0.3 is 103 Å². The first-order chi connectivity index (χ1) is 3.30. The molecule has 0 saturated heterocycles. The molecule has 2 nitrogen and oxygen atoms in total. The van der Waals surface area contributed by atoms with Crippen LogP contribution in [0.15, 0.2) is 0 Å². The second-order valence-corrected chi connectivity index (χ2v) is 2.06. The largest absolute Gasteiger partial charge is 1.00 e. The van der Waals surface area contributed by atoms with Crippen molar-refractivity contribution in [3.05, 3.63) is 0 Å². The van der Waals surface area contributed by atoms with Gasteiger partial charge in [-0.25, -0.2) is 0 Å². The Morgan fingerprint density at radius 1 is 1.11 bits per heavy atom. The summed E-state index contributed by atoms with van der Waals surface area (Å²) in [5, 5.41) is 19.9. The summed E-state index contributed by atoms with van der Waals surface area (Å²) in [5.41, 5.74) is 0. The van der Waals surface area contributed by atoms with Gasteiger partial charge in [0.15, 0.2) is 0 Å². The molecule has 0 N–H and O–H groups in total. The quantitative estimate of drug-likeness (QED) is 0.373. The normalized spacial score (nSPS) is 16.7. The van der Waals surface area contributed by atoms with Gasteiger partial charge in [0.1, 0.15) is 0 Å². The predicted molar refractivity (Wildman–Crippen MR) is 23.4 cm³/mol. The van der Waals surface area contributed by atoms with Gasteiger partial charge in [-0.15, -0.1) is 12.9 Å². The summed E-state index contributed by atoms with van der Waals surface area (Å²) in [6, 6.07) is 0. The van der Waals surface area contributed by atoms with E-state index in [1.54, 1.807) is 0 Å². The van der Waals surface area contributed by atoms with E-state index in [1.807, 2.05) is 0 Å². The molecule has 1 aliphatic carbocycles. The molecule has 0 bridgehead atoms. The Bertz CT molecular complexity index is 67.6. The summed E-state index contributed by atoms with van der Waals surface area (Å²) < 4.78 is 0. The Labute approximate surface area is 141 Å². The summed E-state index contributed by atoms with van der Waals surface area (Å²) in [6.07, 6.45) is 2.83. The van der Waals surface area contributed by atoms with E-state index >= 15 is 0 Å². The Balaban J connectivity index is 0. The first-order valence-corrected chi connectivity index (χ1v) is 2.62. The molecule has 1 fully saturated rings. The second-order valence-electron chi connectivity index (χ2n) is 2.06. The topological polar surface area (TPSA) is 46.1 Å². The predicted octanol–water partition coefficient (Wildman–Crippen LogP) is -7.24. The number of hydrogen-bond donors (Lipinski definition) is 0. The van der Waals surface area contributed by atoms with Crippen LogP contribution >= 0.6 is 0 Å². The van der Waals surface area contributed by atoms with E-state index < -0.39 is 7.12 Å². The molecule has 0 heterocycles. The third kappa shape index (κ3) is 5.49. The van der Waals surface area contributed by atoms with E-state index in [2.05, 4.69) is 0 Å². The molecule has 0 atom stereocenters. The molecule has 0 spiro atoms. The van der Waals surface area contributed by atoms with Crippen LogP contribution < -0.4 is 113 Å². The fourth-order valence-electron chi connectivity index (χ4n) is 0.712. The molecule has 9 heavy (non-hydrogen) atoms. The molecule has 0 radical (unpaired) electrons. The molecule has 0 amide bonds. The third-order valence-electron chi connectivity index (χ3n) is 1.53. The molecule has 1 aliphatic rings. The summed E-state index contributed by atoms with van der Waals surface area (Å²) in [6.45, 7) is 0. The SMILES string of the molecule is [K+].[K+].[O-]B([O-])C1CCC1. The molecule has 1 rings (SSSR count). The maximum absolute atomic E-state index is 9.95. The first kappa shape index (κ1) is 14.8. The van der Waals surface area contributed by atoms with Gasteiger partial charge in [-0.2, -0.15) is 0 Å². The molecule has 40 valence electrons. The maximum Gasteiger partial charge on any atom is 1.00 e. The van der Waals surface area contributed by atoms with Crippen LogP contribution in [-0.2, 0) is 0 Å². The van der Waals surface area contributed by atoms with E-state index in [0.29, 0.717) is 0 Å². The van der Waals surface area contributed by atoms with Gasteiger partial charge in [-0.3, -0.25) is 0 Å². The van der Waals surface area contributed by atoms with Gasteiger partial charge in [0.05, 0.1) is 0 Å². The fourth-order valence-corrected chi connectivity index (χ4v) is 0.712. The minimum Gasteiger partial charge on any atom is -0.893 e. The van der Waals surface area contributed by atoms with Gasteiger partial charge in [0, 0.05) is 0 Å². The van der Waals surface area contributed by atoms with E-state index in [0.717, 1.165) is 19.3 Å². The Morgan fingerprint density at radius 3 is 1.56 bits per heavy atom. The number of rotatable bonds is 1. The van der Waals surface area contributed by atoms with Crippen molar-refractivity contribution in [1.82, 2.24) is 0 Å². The van der Waals surface area contributed by atoms with Gasteiger partial charge in [0.2, 0.25) is 0 Å². The van der Waals surface area contributed by atoms with Gasteiger partial charge < -0.3 is 10.0 Å². The molecule has 5 heteroatoms. The average Bonchev–Trinajstić information content (AvgIpc) is 1.23. The zero-order valence-electron chi connectivity index (χ0n) is 6.09. The Hall–Kier alpha value is 3.26. The van der Waals surface area contributed by atoms with Crippen LogP contribution in [0.25, 0.3) is 0 Å². The van der Waals surface area contributed by atoms with Crippen LogP contribution in [0.4, 0.5) is 0 Å². The van der Waals surface area contributed by atoms with E-state index in [-0.39, 0.29) is 109 Å². The number of hydrogen-bond acceptors (Lipinski definition) is 2. The Kier molecular flexibility index (Phi) is 12.9. The van der Waals surface area contributed by atoms with Crippen LogP contribution in [0.3, 0.4) is 0 Å². The zero-order valence-corrected chi connectivity index (χ0v) is 12.3. The summed E-state index contributed by atoms with van der Waals surface area (Å²) >= 11 is 0. The fraction of sp³-hybridized carbons (Fsp3) is 1.00. The van der Waals surface area contributed by atoms with Crippen LogP contribution in [0, 0.1) is 0 Å². The smallest absolute Gasteiger partial charge is 0.893 e. The van der Waals surface area contributed by atoms with Crippen molar-refractivity contribution in [3.63, 3.8) is 0 Å². The van der Waals surface area contributed by atoms with Crippen molar-refractivity contribution in [2.45, 2.75) is 25.1 Å². The van der Waals surface area contributed by atoms with Crippen molar-refractivity contribution in [1.29, 1.82) is 0 Å². The Morgan fingerprint density at radius 2 is 1.56 bits per heavy atom. The van der Waals surface area contributed by atoms with Crippen molar-refractivity contribution in [3.8, 4) is 0 Å². The molecule has 0 aromatic rings. The van der Waals surface area contributed by atoms with Gasteiger partial charge in [0.25, 0.3) is 0 Å². The van der Waals surface area contributed by atoms with Gasteiger partial charge in [-0.05, 0) is 0 Å². The third-order valence-corrected chi connectivity index (χ3v) is 1.53. The van der Waals surface area contributed by atoms with Crippen molar-refractivity contribution >= 4 is 7.12 Å². The molecular weight excluding hydrogens is 169 g/mol. The van der Waals surface area contributed by atoms with Gasteiger partial charge in [-0.1, -0.05) is 19.3 Å². The van der Waals surface area contributed by atoms with Crippen molar-refractivity contribution in [2.75, 3.05) is 0 Å². The van der Waals surface area contributed by atoms with E-state index in [1.165, 1.54) is 0 Å². The zero-order chi connectivity index (χ0) is 5.28. The minimum atomic E-state index is -1.55. The van der Waals surface area contributed by atoms with Crippen LogP contribution in [0.2, 0.25) is 5.82 Å². The van der Waals surface area contributed by atoms with E-state index in [4.69, 9.17) is 0 Å².